The number of primary amides is 1. The number of aliphatic carboxylic acids is 2. The predicted molar refractivity (Wildman–Crippen MR) is 116 cm³/mol. The maximum atomic E-state index is 12.8. The van der Waals surface area contributed by atoms with Crippen LogP contribution in [0.2, 0.25) is 0 Å². The second kappa shape index (κ2) is 14.3. The van der Waals surface area contributed by atoms with Gasteiger partial charge in [-0.05, 0) is 12.8 Å². The van der Waals surface area contributed by atoms with Crippen molar-refractivity contribution in [3.05, 3.63) is 18.2 Å². The number of carbonyl (C=O) groups is 6. The minimum absolute atomic E-state index is 0.163. The molecule has 0 spiro atoms. The van der Waals surface area contributed by atoms with E-state index in [0.29, 0.717) is 5.69 Å². The van der Waals surface area contributed by atoms with Crippen molar-refractivity contribution in [3.8, 4) is 0 Å². The number of hydrogen-bond donors (Lipinski definition) is 9. The number of hydrogen-bond acceptors (Lipinski definition) is 9. The monoisotopic (exact) mass is 499 g/mol. The lowest BCUT2D eigenvalue weighted by Crippen LogP contribution is -2.58. The predicted octanol–water partition coefficient (Wildman–Crippen LogP) is -4.06. The Labute approximate surface area is 198 Å². The zero-order chi connectivity index (χ0) is 26.5. The molecular weight excluding hydrogens is 470 g/mol. The molecule has 1 aromatic rings. The van der Waals surface area contributed by atoms with E-state index >= 15 is 0 Å². The summed E-state index contributed by atoms with van der Waals surface area (Å²) in [6.45, 7) is -0.877. The van der Waals surface area contributed by atoms with Crippen LogP contribution in [0.3, 0.4) is 0 Å². The lowest BCUT2D eigenvalue weighted by Gasteiger charge is -2.24. The number of carboxylic acids is 2. The summed E-state index contributed by atoms with van der Waals surface area (Å²) in [5.74, 6) is -6.18. The van der Waals surface area contributed by atoms with Crippen LogP contribution >= 0.6 is 0 Å². The molecule has 0 bridgehead atoms. The third kappa shape index (κ3) is 10.6. The van der Waals surface area contributed by atoms with Crippen molar-refractivity contribution in [2.45, 2.75) is 56.3 Å². The third-order valence-corrected chi connectivity index (χ3v) is 4.73. The summed E-state index contributed by atoms with van der Waals surface area (Å²) in [5, 5.41) is 34.2. The number of carboxylic acid groups (broad SMARTS) is 2. The molecule has 0 aliphatic heterocycles. The standard InChI is InChI=1S/C19H29N7O9/c20-10(1-4-15(29)30)16(31)26-13(7-27)18(33)25-12(5-9-6-22-8-23-9)17(32)24-11(19(34)35)2-3-14(21)28/h6,8,10-13,27H,1-5,7,20H2,(H2,21,28)(H,22,23)(H,24,32)(H,25,33)(H,26,31)(H,29,30)(H,34,35). The normalized spacial score (nSPS) is 14.1. The van der Waals surface area contributed by atoms with Crippen molar-refractivity contribution in [2.75, 3.05) is 6.61 Å². The van der Waals surface area contributed by atoms with Crippen LogP contribution < -0.4 is 27.4 Å². The number of imidazole rings is 1. The van der Waals surface area contributed by atoms with Gasteiger partial charge in [0.1, 0.15) is 18.1 Å². The summed E-state index contributed by atoms with van der Waals surface area (Å²) in [4.78, 5) is 77.2. The highest BCUT2D eigenvalue weighted by atomic mass is 16.4. The van der Waals surface area contributed by atoms with Crippen molar-refractivity contribution in [3.63, 3.8) is 0 Å². The molecule has 1 heterocycles. The van der Waals surface area contributed by atoms with Crippen molar-refractivity contribution in [1.82, 2.24) is 25.9 Å². The molecule has 0 aliphatic rings. The van der Waals surface area contributed by atoms with Gasteiger partial charge in [0, 0.05) is 31.2 Å². The van der Waals surface area contributed by atoms with E-state index in [2.05, 4.69) is 25.9 Å². The number of amides is 4. The van der Waals surface area contributed by atoms with Gasteiger partial charge in [0.2, 0.25) is 23.6 Å². The number of nitrogens with two attached hydrogens (primary N) is 2. The van der Waals surface area contributed by atoms with Crippen LogP contribution in [0, 0.1) is 0 Å². The molecule has 4 unspecified atom stereocenters. The van der Waals surface area contributed by atoms with Crippen LogP contribution in [-0.4, -0.2) is 91.6 Å². The Morgan fingerprint density at radius 2 is 1.51 bits per heavy atom. The number of aromatic nitrogens is 2. The van der Waals surface area contributed by atoms with Crippen LogP contribution in [-0.2, 0) is 35.2 Å². The van der Waals surface area contributed by atoms with E-state index in [1.807, 2.05) is 0 Å². The number of aliphatic hydroxyl groups excluding tert-OH is 1. The second-order valence-electron chi connectivity index (χ2n) is 7.53. The van der Waals surface area contributed by atoms with E-state index in [1.165, 1.54) is 12.5 Å². The summed E-state index contributed by atoms with van der Waals surface area (Å²) in [5.41, 5.74) is 11.0. The average molecular weight is 499 g/mol. The lowest BCUT2D eigenvalue weighted by atomic mass is 10.1. The number of H-pyrrole nitrogens is 1. The first-order valence-corrected chi connectivity index (χ1v) is 10.4. The SMILES string of the molecule is NC(=O)CCC(NC(=O)C(Cc1cnc[nH]1)NC(=O)C(CO)NC(=O)C(N)CCC(=O)O)C(=O)O. The molecule has 0 aromatic carbocycles. The molecule has 0 aliphatic carbocycles. The summed E-state index contributed by atoms with van der Waals surface area (Å²) in [6.07, 6.45) is 1.31. The highest BCUT2D eigenvalue weighted by Crippen LogP contribution is 2.04. The van der Waals surface area contributed by atoms with Crippen LogP contribution in [0.5, 0.6) is 0 Å². The van der Waals surface area contributed by atoms with Gasteiger partial charge in [0.15, 0.2) is 0 Å². The third-order valence-electron chi connectivity index (χ3n) is 4.73. The first kappa shape index (κ1) is 29.0. The first-order valence-electron chi connectivity index (χ1n) is 10.4. The minimum atomic E-state index is -1.54. The van der Waals surface area contributed by atoms with Crippen LogP contribution in [0.25, 0.3) is 0 Å². The molecule has 0 saturated heterocycles. The zero-order valence-corrected chi connectivity index (χ0v) is 18.6. The number of rotatable bonds is 16. The van der Waals surface area contributed by atoms with E-state index in [1.54, 1.807) is 0 Å². The fraction of sp³-hybridized carbons (Fsp3) is 0.526. The smallest absolute Gasteiger partial charge is 0.326 e. The topological polar surface area (TPSA) is 280 Å². The largest absolute Gasteiger partial charge is 0.481 e. The van der Waals surface area contributed by atoms with E-state index in [9.17, 15) is 39.0 Å². The van der Waals surface area contributed by atoms with Gasteiger partial charge in [-0.2, -0.15) is 0 Å². The zero-order valence-electron chi connectivity index (χ0n) is 18.6. The Kier molecular flexibility index (Phi) is 11.8. The van der Waals surface area contributed by atoms with E-state index in [0.717, 1.165) is 0 Å². The van der Waals surface area contributed by atoms with E-state index in [-0.39, 0.29) is 25.7 Å². The second-order valence-corrected chi connectivity index (χ2v) is 7.53. The van der Waals surface area contributed by atoms with Gasteiger partial charge < -0.3 is 47.7 Å². The Bertz CT molecular complexity index is 906. The molecule has 16 nitrogen and oxygen atoms in total. The van der Waals surface area contributed by atoms with Gasteiger partial charge >= 0.3 is 11.9 Å². The maximum Gasteiger partial charge on any atom is 0.326 e. The minimum Gasteiger partial charge on any atom is -0.481 e. The number of aromatic amines is 1. The molecule has 4 atom stereocenters. The lowest BCUT2D eigenvalue weighted by molar-refractivity contribution is -0.142. The fourth-order valence-electron chi connectivity index (χ4n) is 2.80. The van der Waals surface area contributed by atoms with Gasteiger partial charge in [-0.25, -0.2) is 9.78 Å². The fourth-order valence-corrected chi connectivity index (χ4v) is 2.80. The molecule has 194 valence electrons. The molecule has 4 amide bonds. The summed E-state index contributed by atoms with van der Waals surface area (Å²) >= 11 is 0. The molecule has 11 N–H and O–H groups in total. The summed E-state index contributed by atoms with van der Waals surface area (Å²) in [7, 11) is 0. The van der Waals surface area contributed by atoms with E-state index < -0.39 is 72.8 Å². The number of carbonyl (C=O) groups excluding carboxylic acids is 4. The number of aliphatic hydroxyl groups is 1. The molecule has 16 heteroatoms. The van der Waals surface area contributed by atoms with Gasteiger partial charge in [0.05, 0.1) is 19.0 Å². The summed E-state index contributed by atoms with van der Waals surface area (Å²) < 4.78 is 0. The molecule has 1 aromatic heterocycles. The van der Waals surface area contributed by atoms with Crippen molar-refractivity contribution in [1.29, 1.82) is 0 Å². The molecule has 1 rings (SSSR count). The highest BCUT2D eigenvalue weighted by molar-refractivity contribution is 5.94. The Morgan fingerprint density at radius 1 is 0.914 bits per heavy atom. The van der Waals surface area contributed by atoms with Crippen molar-refractivity contribution >= 4 is 35.6 Å². The highest BCUT2D eigenvalue weighted by Gasteiger charge is 2.30. The Hall–Kier alpha value is -4.05. The van der Waals surface area contributed by atoms with Crippen LogP contribution in [0.4, 0.5) is 0 Å². The van der Waals surface area contributed by atoms with Crippen LogP contribution in [0.1, 0.15) is 31.4 Å². The van der Waals surface area contributed by atoms with E-state index in [4.69, 9.17) is 16.6 Å². The molecule has 0 saturated carbocycles. The van der Waals surface area contributed by atoms with Crippen molar-refractivity contribution in [2.24, 2.45) is 11.5 Å². The number of nitrogens with one attached hydrogen (secondary N) is 4. The Balaban J connectivity index is 2.92. The molecule has 35 heavy (non-hydrogen) atoms. The molecule has 0 fully saturated rings. The maximum absolute atomic E-state index is 12.8. The molecule has 0 radical (unpaired) electrons. The quantitative estimate of drug-likeness (QED) is 0.105. The van der Waals surface area contributed by atoms with Gasteiger partial charge in [-0.3, -0.25) is 24.0 Å². The van der Waals surface area contributed by atoms with Crippen molar-refractivity contribution < 1.29 is 44.1 Å². The van der Waals surface area contributed by atoms with Gasteiger partial charge in [-0.15, -0.1) is 0 Å². The van der Waals surface area contributed by atoms with Gasteiger partial charge in [0.25, 0.3) is 0 Å². The number of nitrogens with zero attached hydrogens (tertiary/aromatic N) is 1. The van der Waals surface area contributed by atoms with Crippen LogP contribution in [0.15, 0.2) is 12.5 Å². The summed E-state index contributed by atoms with van der Waals surface area (Å²) in [6, 6.07) is -5.65. The van der Waals surface area contributed by atoms with Gasteiger partial charge in [-0.1, -0.05) is 0 Å². The first-order chi connectivity index (χ1) is 16.4. The average Bonchev–Trinajstić information content (AvgIpc) is 3.30. The molecular formula is C19H29N7O9. The Morgan fingerprint density at radius 3 is 2.03 bits per heavy atom.